The van der Waals surface area contributed by atoms with Crippen LogP contribution in [0.3, 0.4) is 0 Å². The maximum Gasteiger partial charge on any atom is 0.416 e. The number of alkyl halides is 4. The summed E-state index contributed by atoms with van der Waals surface area (Å²) < 4.78 is 52.1. The molecule has 1 saturated heterocycles. The van der Waals surface area contributed by atoms with E-state index in [-0.39, 0.29) is 18.0 Å². The number of benzene rings is 1. The Labute approximate surface area is 103 Å². The molecular weight excluding hydrogens is 246 g/mol. The van der Waals surface area contributed by atoms with E-state index in [4.69, 9.17) is 0 Å². The lowest BCUT2D eigenvalue weighted by atomic mass is 9.98. The molecule has 0 aliphatic carbocycles. The molecule has 1 aromatic carbocycles. The van der Waals surface area contributed by atoms with E-state index in [1.807, 2.05) is 0 Å². The van der Waals surface area contributed by atoms with E-state index in [0.717, 1.165) is 19.0 Å². The van der Waals surface area contributed by atoms with E-state index in [9.17, 15) is 17.6 Å². The molecule has 0 radical (unpaired) electrons. The first-order chi connectivity index (χ1) is 8.48. The monoisotopic (exact) mass is 261 g/mol. The normalized spacial score (nSPS) is 22.1. The molecule has 1 heterocycles. The van der Waals surface area contributed by atoms with Crippen molar-refractivity contribution < 1.29 is 17.6 Å². The summed E-state index contributed by atoms with van der Waals surface area (Å²) in [4.78, 5) is 0. The van der Waals surface area contributed by atoms with Crippen molar-refractivity contribution in [1.82, 2.24) is 5.32 Å². The van der Waals surface area contributed by atoms with Crippen molar-refractivity contribution in [1.29, 1.82) is 0 Å². The first kappa shape index (κ1) is 13.3. The number of halogens is 4. The highest BCUT2D eigenvalue weighted by Crippen LogP contribution is 2.33. The van der Waals surface area contributed by atoms with Gasteiger partial charge in [-0.2, -0.15) is 13.2 Å². The first-order valence-electron chi connectivity index (χ1n) is 6.01. The van der Waals surface area contributed by atoms with Crippen LogP contribution in [0, 0.1) is 0 Å². The zero-order chi connectivity index (χ0) is 13.2. The Morgan fingerprint density at radius 1 is 1.28 bits per heavy atom. The van der Waals surface area contributed by atoms with Crippen molar-refractivity contribution in [3.63, 3.8) is 0 Å². The SMILES string of the molecule is FC(Cc1ccccc1C(F)(F)F)C1CCCN1. The molecule has 1 aliphatic rings. The van der Waals surface area contributed by atoms with E-state index in [1.165, 1.54) is 18.2 Å². The van der Waals surface area contributed by atoms with Crippen LogP contribution >= 0.6 is 0 Å². The Bertz CT molecular complexity index is 396. The quantitative estimate of drug-likeness (QED) is 0.823. The van der Waals surface area contributed by atoms with Crippen molar-refractivity contribution in [2.45, 2.75) is 37.7 Å². The summed E-state index contributed by atoms with van der Waals surface area (Å²) in [7, 11) is 0. The first-order valence-corrected chi connectivity index (χ1v) is 6.01. The second kappa shape index (κ2) is 5.26. The van der Waals surface area contributed by atoms with Gasteiger partial charge in [-0.1, -0.05) is 18.2 Å². The largest absolute Gasteiger partial charge is 0.416 e. The van der Waals surface area contributed by atoms with Crippen LogP contribution in [-0.4, -0.2) is 18.8 Å². The number of nitrogens with one attached hydrogen (secondary N) is 1. The van der Waals surface area contributed by atoms with Crippen molar-refractivity contribution in [3.8, 4) is 0 Å². The highest BCUT2D eigenvalue weighted by Gasteiger charge is 2.34. The molecule has 1 fully saturated rings. The van der Waals surface area contributed by atoms with Gasteiger partial charge in [0, 0.05) is 12.5 Å². The number of rotatable bonds is 3. The molecule has 0 aromatic heterocycles. The third-order valence-corrected chi connectivity index (χ3v) is 3.27. The summed E-state index contributed by atoms with van der Waals surface area (Å²) in [5.74, 6) is 0. The van der Waals surface area contributed by atoms with E-state index >= 15 is 0 Å². The van der Waals surface area contributed by atoms with Gasteiger partial charge in [0.05, 0.1) is 5.56 Å². The molecule has 0 saturated carbocycles. The second-order valence-corrected chi connectivity index (χ2v) is 4.58. The van der Waals surface area contributed by atoms with E-state index in [1.54, 1.807) is 0 Å². The minimum Gasteiger partial charge on any atom is -0.311 e. The Hall–Kier alpha value is -1.10. The lowest BCUT2D eigenvalue weighted by Gasteiger charge is -2.18. The van der Waals surface area contributed by atoms with Crippen LogP contribution in [-0.2, 0) is 12.6 Å². The summed E-state index contributed by atoms with van der Waals surface area (Å²) in [5.41, 5.74) is -0.697. The van der Waals surface area contributed by atoms with Gasteiger partial charge in [0.2, 0.25) is 0 Å². The maximum atomic E-state index is 13.9. The van der Waals surface area contributed by atoms with Crippen LogP contribution in [0.4, 0.5) is 17.6 Å². The molecule has 2 unspecified atom stereocenters. The van der Waals surface area contributed by atoms with E-state index in [0.29, 0.717) is 6.42 Å². The minimum atomic E-state index is -4.42. The van der Waals surface area contributed by atoms with Gasteiger partial charge in [-0.05, 0) is 31.0 Å². The minimum absolute atomic E-state index is 0.0335. The van der Waals surface area contributed by atoms with Crippen LogP contribution in [0.2, 0.25) is 0 Å². The zero-order valence-electron chi connectivity index (χ0n) is 9.80. The Morgan fingerprint density at radius 3 is 2.61 bits per heavy atom. The van der Waals surface area contributed by atoms with Gasteiger partial charge in [0.15, 0.2) is 0 Å². The average molecular weight is 261 g/mol. The Morgan fingerprint density at radius 2 is 2.00 bits per heavy atom. The van der Waals surface area contributed by atoms with Gasteiger partial charge < -0.3 is 5.32 Å². The van der Waals surface area contributed by atoms with Gasteiger partial charge in [0.25, 0.3) is 0 Å². The van der Waals surface area contributed by atoms with Crippen LogP contribution in [0.1, 0.15) is 24.0 Å². The molecule has 0 bridgehead atoms. The van der Waals surface area contributed by atoms with Gasteiger partial charge in [-0.3, -0.25) is 0 Å². The molecule has 100 valence electrons. The number of hydrogen-bond acceptors (Lipinski definition) is 1. The molecule has 2 atom stereocenters. The fraction of sp³-hybridized carbons (Fsp3) is 0.538. The van der Waals surface area contributed by atoms with Crippen LogP contribution in [0.5, 0.6) is 0 Å². The van der Waals surface area contributed by atoms with Gasteiger partial charge >= 0.3 is 6.18 Å². The summed E-state index contributed by atoms with van der Waals surface area (Å²) in [6.07, 6.45) is -4.30. The Kier molecular flexibility index (Phi) is 3.90. The van der Waals surface area contributed by atoms with Gasteiger partial charge in [-0.25, -0.2) is 4.39 Å². The molecule has 5 heteroatoms. The molecule has 1 N–H and O–H groups in total. The molecule has 1 nitrogen and oxygen atoms in total. The van der Waals surface area contributed by atoms with Crippen LogP contribution in [0.15, 0.2) is 24.3 Å². The van der Waals surface area contributed by atoms with Crippen molar-refractivity contribution >= 4 is 0 Å². The molecular formula is C13H15F4N. The third kappa shape index (κ3) is 3.02. The third-order valence-electron chi connectivity index (χ3n) is 3.27. The van der Waals surface area contributed by atoms with Gasteiger partial charge in [0.1, 0.15) is 6.17 Å². The molecule has 1 aliphatic heterocycles. The fourth-order valence-electron chi connectivity index (χ4n) is 2.35. The smallest absolute Gasteiger partial charge is 0.311 e. The lowest BCUT2D eigenvalue weighted by molar-refractivity contribution is -0.138. The predicted molar refractivity (Wildman–Crippen MR) is 61.1 cm³/mol. The molecule has 0 amide bonds. The van der Waals surface area contributed by atoms with Gasteiger partial charge in [-0.15, -0.1) is 0 Å². The van der Waals surface area contributed by atoms with Crippen molar-refractivity contribution in [3.05, 3.63) is 35.4 Å². The highest BCUT2D eigenvalue weighted by molar-refractivity contribution is 5.30. The summed E-state index contributed by atoms with van der Waals surface area (Å²) in [6, 6.07) is 4.88. The van der Waals surface area contributed by atoms with Crippen molar-refractivity contribution in [2.24, 2.45) is 0 Å². The molecule has 1 aromatic rings. The van der Waals surface area contributed by atoms with E-state index < -0.39 is 17.9 Å². The summed E-state index contributed by atoms with van der Waals surface area (Å²) in [6.45, 7) is 0.742. The van der Waals surface area contributed by atoms with Crippen molar-refractivity contribution in [2.75, 3.05) is 6.54 Å². The Balaban J connectivity index is 2.13. The second-order valence-electron chi connectivity index (χ2n) is 4.58. The standard InChI is InChI=1S/C13H15F4N/c14-11(12-6-3-7-18-12)8-9-4-1-2-5-10(9)13(15,16)17/h1-2,4-5,11-12,18H,3,6-8H2. The summed E-state index contributed by atoms with van der Waals surface area (Å²) >= 11 is 0. The van der Waals surface area contributed by atoms with Crippen LogP contribution < -0.4 is 5.32 Å². The average Bonchev–Trinajstić information content (AvgIpc) is 2.81. The number of hydrogen-bond donors (Lipinski definition) is 1. The summed E-state index contributed by atoms with van der Waals surface area (Å²) in [5, 5.41) is 2.98. The highest BCUT2D eigenvalue weighted by atomic mass is 19.4. The molecule has 0 spiro atoms. The predicted octanol–water partition coefficient (Wildman–Crippen LogP) is 3.34. The zero-order valence-corrected chi connectivity index (χ0v) is 9.80. The topological polar surface area (TPSA) is 12.0 Å². The maximum absolute atomic E-state index is 13.9. The molecule has 2 rings (SSSR count). The molecule has 18 heavy (non-hydrogen) atoms. The van der Waals surface area contributed by atoms with Crippen LogP contribution in [0.25, 0.3) is 0 Å². The lowest BCUT2D eigenvalue weighted by Crippen LogP contribution is -2.33. The fourth-order valence-corrected chi connectivity index (χ4v) is 2.35. The van der Waals surface area contributed by atoms with E-state index in [2.05, 4.69) is 5.32 Å².